The molecule has 1 aromatic rings. The van der Waals surface area contributed by atoms with Gasteiger partial charge in [-0.15, -0.1) is 0 Å². The van der Waals surface area contributed by atoms with Crippen LogP contribution in [0.3, 0.4) is 0 Å². The monoisotopic (exact) mass is 154 g/mol. The van der Waals surface area contributed by atoms with Crippen molar-refractivity contribution in [3.05, 3.63) is 11.7 Å². The van der Waals surface area contributed by atoms with Gasteiger partial charge in [0, 0.05) is 5.92 Å². The van der Waals surface area contributed by atoms with Crippen molar-refractivity contribution in [2.45, 2.75) is 31.8 Å². The normalized spacial score (nSPS) is 30.0. The van der Waals surface area contributed by atoms with Crippen LogP contribution in [0.2, 0.25) is 0 Å². The number of aliphatic hydroxyl groups excluding tert-OH is 1. The third-order valence-corrected chi connectivity index (χ3v) is 2.01. The molecular weight excluding hydrogens is 144 g/mol. The van der Waals surface area contributed by atoms with Crippen molar-refractivity contribution in [2.24, 2.45) is 0 Å². The van der Waals surface area contributed by atoms with E-state index in [1.807, 2.05) is 0 Å². The Morgan fingerprint density at radius 2 is 2.27 bits per heavy atom. The maximum atomic E-state index is 9.00. The molecular formula is C7H10N2O2. The van der Waals surface area contributed by atoms with Gasteiger partial charge in [-0.3, -0.25) is 0 Å². The second kappa shape index (κ2) is 2.30. The SMILES string of the molecule is Cc1noc(C2CC(O)C2)n1. The van der Waals surface area contributed by atoms with Crippen molar-refractivity contribution in [3.63, 3.8) is 0 Å². The Hall–Kier alpha value is -0.900. The molecule has 1 aliphatic carbocycles. The third kappa shape index (κ3) is 1.14. The van der Waals surface area contributed by atoms with Gasteiger partial charge in [0.1, 0.15) is 0 Å². The van der Waals surface area contributed by atoms with Crippen LogP contribution < -0.4 is 0 Å². The number of aliphatic hydroxyl groups is 1. The van der Waals surface area contributed by atoms with E-state index < -0.39 is 0 Å². The summed E-state index contributed by atoms with van der Waals surface area (Å²) in [6.07, 6.45) is 1.37. The predicted octanol–water partition coefficient (Wildman–Crippen LogP) is 0.616. The van der Waals surface area contributed by atoms with E-state index >= 15 is 0 Å². The first-order valence-electron chi connectivity index (χ1n) is 3.74. The second-order valence-electron chi connectivity index (χ2n) is 3.00. The summed E-state index contributed by atoms with van der Waals surface area (Å²) >= 11 is 0. The zero-order valence-corrected chi connectivity index (χ0v) is 6.32. The summed E-state index contributed by atoms with van der Waals surface area (Å²) in [6.45, 7) is 1.79. The smallest absolute Gasteiger partial charge is 0.229 e. The van der Waals surface area contributed by atoms with Gasteiger partial charge in [-0.2, -0.15) is 4.98 Å². The molecule has 0 atom stereocenters. The lowest BCUT2D eigenvalue weighted by molar-refractivity contribution is 0.0625. The molecule has 4 nitrogen and oxygen atoms in total. The number of nitrogens with zero attached hydrogens (tertiary/aromatic N) is 2. The molecule has 1 aliphatic rings. The highest BCUT2D eigenvalue weighted by Gasteiger charge is 2.32. The first-order chi connectivity index (χ1) is 5.25. The fourth-order valence-corrected chi connectivity index (χ4v) is 1.27. The Bertz CT molecular complexity index is 253. The van der Waals surface area contributed by atoms with Crippen LogP contribution >= 0.6 is 0 Å². The second-order valence-corrected chi connectivity index (χ2v) is 3.00. The minimum absolute atomic E-state index is 0.160. The van der Waals surface area contributed by atoms with E-state index in [1.165, 1.54) is 0 Å². The molecule has 0 radical (unpaired) electrons. The molecule has 60 valence electrons. The number of aryl methyl sites for hydroxylation is 1. The van der Waals surface area contributed by atoms with Gasteiger partial charge in [-0.05, 0) is 19.8 Å². The van der Waals surface area contributed by atoms with Crippen LogP contribution in [-0.2, 0) is 0 Å². The highest BCUT2D eigenvalue weighted by molar-refractivity contribution is 5.00. The number of hydrogen-bond donors (Lipinski definition) is 1. The maximum Gasteiger partial charge on any atom is 0.229 e. The topological polar surface area (TPSA) is 59.2 Å². The summed E-state index contributed by atoms with van der Waals surface area (Å²) in [5.41, 5.74) is 0. The number of hydrogen-bond acceptors (Lipinski definition) is 4. The molecule has 0 aromatic carbocycles. The van der Waals surface area contributed by atoms with Crippen LogP contribution in [0.1, 0.15) is 30.5 Å². The molecule has 1 saturated carbocycles. The molecule has 0 aliphatic heterocycles. The first kappa shape index (κ1) is 6.79. The van der Waals surface area contributed by atoms with Crippen molar-refractivity contribution >= 4 is 0 Å². The zero-order chi connectivity index (χ0) is 7.84. The van der Waals surface area contributed by atoms with Crippen molar-refractivity contribution in [1.82, 2.24) is 10.1 Å². The van der Waals surface area contributed by atoms with E-state index in [9.17, 15) is 0 Å². The molecule has 0 bridgehead atoms. The Labute approximate surface area is 64.2 Å². The van der Waals surface area contributed by atoms with Crippen molar-refractivity contribution in [2.75, 3.05) is 0 Å². The molecule has 2 rings (SSSR count). The first-order valence-corrected chi connectivity index (χ1v) is 3.74. The minimum Gasteiger partial charge on any atom is -0.393 e. The van der Waals surface area contributed by atoms with Crippen LogP contribution in [-0.4, -0.2) is 21.4 Å². The van der Waals surface area contributed by atoms with E-state index in [4.69, 9.17) is 9.63 Å². The molecule has 1 heterocycles. The minimum atomic E-state index is -0.160. The summed E-state index contributed by atoms with van der Waals surface area (Å²) < 4.78 is 4.94. The van der Waals surface area contributed by atoms with Crippen molar-refractivity contribution in [1.29, 1.82) is 0 Å². The van der Waals surface area contributed by atoms with Crippen LogP contribution in [0.4, 0.5) is 0 Å². The van der Waals surface area contributed by atoms with E-state index in [0.717, 1.165) is 12.8 Å². The van der Waals surface area contributed by atoms with Crippen molar-refractivity contribution in [3.8, 4) is 0 Å². The predicted molar refractivity (Wildman–Crippen MR) is 37.0 cm³/mol. The van der Waals surface area contributed by atoms with E-state index in [1.54, 1.807) is 6.92 Å². The molecule has 4 heteroatoms. The summed E-state index contributed by atoms with van der Waals surface area (Å²) in [7, 11) is 0. The number of aromatic nitrogens is 2. The Balaban J connectivity index is 2.07. The standard InChI is InChI=1S/C7H10N2O2/c1-4-8-7(11-9-4)5-2-6(10)3-5/h5-6,10H,2-3H2,1H3. The van der Waals surface area contributed by atoms with Crippen LogP contribution in [0, 0.1) is 6.92 Å². The van der Waals surface area contributed by atoms with E-state index in [0.29, 0.717) is 17.6 Å². The summed E-state index contributed by atoms with van der Waals surface area (Å²) in [5.74, 6) is 1.64. The molecule has 11 heavy (non-hydrogen) atoms. The zero-order valence-electron chi connectivity index (χ0n) is 6.32. The van der Waals surface area contributed by atoms with Crippen LogP contribution in [0.25, 0.3) is 0 Å². The molecule has 1 fully saturated rings. The quantitative estimate of drug-likeness (QED) is 0.644. The largest absolute Gasteiger partial charge is 0.393 e. The Morgan fingerprint density at radius 3 is 2.73 bits per heavy atom. The lowest BCUT2D eigenvalue weighted by atomic mass is 9.82. The average molecular weight is 154 g/mol. The fourth-order valence-electron chi connectivity index (χ4n) is 1.27. The van der Waals surface area contributed by atoms with Gasteiger partial charge < -0.3 is 9.63 Å². The summed E-state index contributed by atoms with van der Waals surface area (Å²) in [6, 6.07) is 0. The van der Waals surface area contributed by atoms with Crippen molar-refractivity contribution < 1.29 is 9.63 Å². The van der Waals surface area contributed by atoms with Gasteiger partial charge in [0.25, 0.3) is 0 Å². The van der Waals surface area contributed by atoms with Gasteiger partial charge in [-0.1, -0.05) is 5.16 Å². The van der Waals surface area contributed by atoms with Crippen LogP contribution in [0.5, 0.6) is 0 Å². The molecule has 1 N–H and O–H groups in total. The van der Waals surface area contributed by atoms with Gasteiger partial charge in [0.05, 0.1) is 6.10 Å². The lowest BCUT2D eigenvalue weighted by Gasteiger charge is -2.27. The van der Waals surface area contributed by atoms with Gasteiger partial charge >= 0.3 is 0 Å². The Kier molecular flexibility index (Phi) is 1.42. The Morgan fingerprint density at radius 1 is 1.55 bits per heavy atom. The molecule has 0 amide bonds. The number of rotatable bonds is 1. The third-order valence-electron chi connectivity index (χ3n) is 2.01. The molecule has 0 spiro atoms. The van der Waals surface area contributed by atoms with E-state index in [-0.39, 0.29) is 6.10 Å². The van der Waals surface area contributed by atoms with Gasteiger partial charge in [-0.25, -0.2) is 0 Å². The highest BCUT2D eigenvalue weighted by atomic mass is 16.5. The summed E-state index contributed by atoms with van der Waals surface area (Å²) in [5, 5.41) is 12.7. The van der Waals surface area contributed by atoms with Crippen LogP contribution in [0.15, 0.2) is 4.52 Å². The molecule has 0 saturated heterocycles. The summed E-state index contributed by atoms with van der Waals surface area (Å²) in [4.78, 5) is 4.08. The average Bonchev–Trinajstić information content (AvgIpc) is 2.29. The highest BCUT2D eigenvalue weighted by Crippen LogP contribution is 2.35. The molecule has 1 aromatic heterocycles. The van der Waals surface area contributed by atoms with Gasteiger partial charge in [0.2, 0.25) is 5.89 Å². The molecule has 0 unspecified atom stereocenters. The maximum absolute atomic E-state index is 9.00. The van der Waals surface area contributed by atoms with Gasteiger partial charge in [0.15, 0.2) is 5.82 Å². The fraction of sp³-hybridized carbons (Fsp3) is 0.714. The van der Waals surface area contributed by atoms with E-state index in [2.05, 4.69) is 10.1 Å². The lowest BCUT2D eigenvalue weighted by Crippen LogP contribution is -2.26.